The van der Waals surface area contributed by atoms with Gasteiger partial charge in [-0.2, -0.15) is 0 Å². The van der Waals surface area contributed by atoms with E-state index in [-0.39, 0.29) is 5.41 Å². The van der Waals surface area contributed by atoms with Crippen LogP contribution in [0.4, 0.5) is 0 Å². The van der Waals surface area contributed by atoms with Crippen molar-refractivity contribution in [2.24, 2.45) is 0 Å². The van der Waals surface area contributed by atoms with Crippen LogP contribution in [0.5, 0.6) is 5.75 Å². The van der Waals surface area contributed by atoms with Crippen molar-refractivity contribution in [2.45, 2.75) is 65.2 Å². The third-order valence-corrected chi connectivity index (χ3v) is 5.08. The molecular formula is C22H30O. The molecule has 1 N–H and O–H groups in total. The molecule has 3 rings (SSSR count). The van der Waals surface area contributed by atoms with Gasteiger partial charge in [0.1, 0.15) is 5.75 Å². The Morgan fingerprint density at radius 2 is 1.30 bits per heavy atom. The Labute approximate surface area is 141 Å². The van der Waals surface area contributed by atoms with Gasteiger partial charge in [0, 0.05) is 5.41 Å². The molecule has 2 aromatic rings. The summed E-state index contributed by atoms with van der Waals surface area (Å²) >= 11 is 0. The molecule has 1 aliphatic rings. The lowest BCUT2D eigenvalue weighted by molar-refractivity contribution is 0.345. The molecule has 0 unspecified atom stereocenters. The monoisotopic (exact) mass is 310 g/mol. The Balaban J connectivity index is 0.000000924. The third-order valence-electron chi connectivity index (χ3n) is 5.08. The molecule has 0 amide bonds. The first-order valence-electron chi connectivity index (χ1n) is 9.00. The first-order chi connectivity index (χ1) is 11.1. The Bertz CT molecular complexity index is 599. The fourth-order valence-corrected chi connectivity index (χ4v) is 3.89. The predicted octanol–water partition coefficient (Wildman–Crippen LogP) is 6.29. The van der Waals surface area contributed by atoms with Crippen molar-refractivity contribution < 1.29 is 5.11 Å². The van der Waals surface area contributed by atoms with Gasteiger partial charge in [0.15, 0.2) is 0 Å². The Kier molecular flexibility index (Phi) is 5.87. The summed E-state index contributed by atoms with van der Waals surface area (Å²) in [5.74, 6) is 0.442. The quantitative estimate of drug-likeness (QED) is 0.691. The minimum atomic E-state index is 0.128. The lowest BCUT2D eigenvalue weighted by Crippen LogP contribution is -2.30. The first-order valence-corrected chi connectivity index (χ1v) is 9.00. The molecule has 0 heterocycles. The lowest BCUT2D eigenvalue weighted by atomic mass is 9.65. The largest absolute Gasteiger partial charge is 0.507 e. The number of benzene rings is 2. The summed E-state index contributed by atoms with van der Waals surface area (Å²) in [4.78, 5) is 0. The molecule has 124 valence electrons. The van der Waals surface area contributed by atoms with Gasteiger partial charge in [0.2, 0.25) is 0 Å². The summed E-state index contributed by atoms with van der Waals surface area (Å²) in [6.45, 7) is 8.01. The predicted molar refractivity (Wildman–Crippen MR) is 99.2 cm³/mol. The number of phenols is 1. The topological polar surface area (TPSA) is 20.2 Å². The molecule has 0 saturated heterocycles. The maximum absolute atomic E-state index is 10.1. The molecule has 1 nitrogen and oxygen atoms in total. The number of hydrogen-bond acceptors (Lipinski definition) is 1. The van der Waals surface area contributed by atoms with Gasteiger partial charge in [0.25, 0.3) is 0 Å². The summed E-state index contributed by atoms with van der Waals surface area (Å²) in [6, 6.07) is 15.3. The van der Waals surface area contributed by atoms with E-state index >= 15 is 0 Å². The summed E-state index contributed by atoms with van der Waals surface area (Å²) < 4.78 is 0. The van der Waals surface area contributed by atoms with Crippen molar-refractivity contribution in [3.63, 3.8) is 0 Å². The standard InChI is InChI=1S/C20H24O.C2H6/c1-15-13-18(14-16(2)19(15)21)20(11-7-4-8-12-20)17-9-5-3-6-10-17;1-2/h3,5-6,9-10,13-14,21H,4,7-8,11-12H2,1-2H3;1-2H3. The van der Waals surface area contributed by atoms with Crippen molar-refractivity contribution >= 4 is 0 Å². The first kappa shape index (κ1) is 17.6. The fourth-order valence-electron chi connectivity index (χ4n) is 3.89. The van der Waals surface area contributed by atoms with Gasteiger partial charge in [-0.05, 0) is 48.9 Å². The average Bonchev–Trinajstić information content (AvgIpc) is 2.62. The van der Waals surface area contributed by atoms with Crippen LogP contribution in [0.15, 0.2) is 42.5 Å². The van der Waals surface area contributed by atoms with Gasteiger partial charge in [-0.1, -0.05) is 75.6 Å². The van der Waals surface area contributed by atoms with Gasteiger partial charge in [0.05, 0.1) is 0 Å². The molecule has 0 aliphatic heterocycles. The van der Waals surface area contributed by atoms with Crippen LogP contribution in [0.25, 0.3) is 0 Å². The van der Waals surface area contributed by atoms with Crippen LogP contribution in [-0.2, 0) is 5.41 Å². The van der Waals surface area contributed by atoms with Crippen LogP contribution in [0.3, 0.4) is 0 Å². The zero-order chi connectivity index (χ0) is 16.9. The minimum Gasteiger partial charge on any atom is -0.507 e. The van der Waals surface area contributed by atoms with Crippen LogP contribution >= 0.6 is 0 Å². The maximum Gasteiger partial charge on any atom is 0.121 e. The highest BCUT2D eigenvalue weighted by Gasteiger charge is 2.36. The van der Waals surface area contributed by atoms with Crippen molar-refractivity contribution in [3.05, 3.63) is 64.7 Å². The van der Waals surface area contributed by atoms with Gasteiger partial charge < -0.3 is 5.11 Å². The van der Waals surface area contributed by atoms with E-state index in [2.05, 4.69) is 42.5 Å². The number of rotatable bonds is 2. The zero-order valence-electron chi connectivity index (χ0n) is 15.0. The average molecular weight is 310 g/mol. The van der Waals surface area contributed by atoms with E-state index in [1.54, 1.807) is 0 Å². The van der Waals surface area contributed by atoms with Crippen LogP contribution in [0, 0.1) is 13.8 Å². The van der Waals surface area contributed by atoms with Crippen LogP contribution in [-0.4, -0.2) is 5.11 Å². The van der Waals surface area contributed by atoms with E-state index in [0.717, 1.165) is 11.1 Å². The molecule has 0 radical (unpaired) electrons. The van der Waals surface area contributed by atoms with Gasteiger partial charge >= 0.3 is 0 Å². The second-order valence-electron chi connectivity index (χ2n) is 6.47. The molecule has 1 aliphatic carbocycles. The normalized spacial score (nSPS) is 16.3. The molecule has 0 atom stereocenters. The molecular weight excluding hydrogens is 280 g/mol. The number of aromatic hydroxyl groups is 1. The van der Waals surface area contributed by atoms with E-state index < -0.39 is 0 Å². The minimum absolute atomic E-state index is 0.128. The molecule has 0 aromatic heterocycles. The van der Waals surface area contributed by atoms with Gasteiger partial charge in [-0.3, -0.25) is 0 Å². The van der Waals surface area contributed by atoms with Crippen LogP contribution in [0.2, 0.25) is 0 Å². The van der Waals surface area contributed by atoms with Gasteiger partial charge in [-0.25, -0.2) is 0 Å². The van der Waals surface area contributed by atoms with Gasteiger partial charge in [-0.15, -0.1) is 0 Å². The smallest absolute Gasteiger partial charge is 0.121 e. The molecule has 1 heteroatoms. The molecule has 1 saturated carbocycles. The molecule has 2 aromatic carbocycles. The number of aryl methyl sites for hydroxylation is 2. The Hall–Kier alpha value is -1.76. The molecule has 23 heavy (non-hydrogen) atoms. The highest BCUT2D eigenvalue weighted by molar-refractivity contribution is 5.48. The fraction of sp³-hybridized carbons (Fsp3) is 0.455. The molecule has 1 fully saturated rings. The highest BCUT2D eigenvalue weighted by atomic mass is 16.3. The van der Waals surface area contributed by atoms with E-state index in [4.69, 9.17) is 0 Å². The maximum atomic E-state index is 10.1. The summed E-state index contributed by atoms with van der Waals surface area (Å²) in [5.41, 5.74) is 4.91. The summed E-state index contributed by atoms with van der Waals surface area (Å²) in [6.07, 6.45) is 6.33. The SMILES string of the molecule is CC.Cc1cc(C2(c3ccccc3)CCCCC2)cc(C)c1O. The zero-order valence-corrected chi connectivity index (χ0v) is 15.0. The van der Waals surface area contributed by atoms with E-state index in [1.165, 1.54) is 43.2 Å². The van der Waals surface area contributed by atoms with E-state index in [0.29, 0.717) is 5.75 Å². The Morgan fingerprint density at radius 1 is 0.783 bits per heavy atom. The van der Waals surface area contributed by atoms with Crippen molar-refractivity contribution in [1.82, 2.24) is 0 Å². The van der Waals surface area contributed by atoms with E-state index in [1.807, 2.05) is 27.7 Å². The van der Waals surface area contributed by atoms with Crippen molar-refractivity contribution in [1.29, 1.82) is 0 Å². The number of hydrogen-bond donors (Lipinski definition) is 1. The Morgan fingerprint density at radius 3 is 1.83 bits per heavy atom. The number of phenolic OH excluding ortho intramolecular Hbond substituents is 1. The second kappa shape index (κ2) is 7.68. The molecule has 0 bridgehead atoms. The summed E-state index contributed by atoms with van der Waals surface area (Å²) in [5, 5.41) is 10.1. The van der Waals surface area contributed by atoms with Crippen molar-refractivity contribution in [2.75, 3.05) is 0 Å². The molecule has 0 spiro atoms. The van der Waals surface area contributed by atoms with Crippen LogP contribution < -0.4 is 0 Å². The van der Waals surface area contributed by atoms with Crippen molar-refractivity contribution in [3.8, 4) is 5.75 Å². The van der Waals surface area contributed by atoms with Crippen LogP contribution in [0.1, 0.15) is 68.2 Å². The summed E-state index contributed by atoms with van der Waals surface area (Å²) in [7, 11) is 0. The highest BCUT2D eigenvalue weighted by Crippen LogP contribution is 2.46. The lowest BCUT2D eigenvalue weighted by Gasteiger charge is -2.39. The second-order valence-corrected chi connectivity index (χ2v) is 6.47. The van der Waals surface area contributed by atoms with E-state index in [9.17, 15) is 5.11 Å². The third kappa shape index (κ3) is 3.44.